The van der Waals surface area contributed by atoms with E-state index in [4.69, 9.17) is 17.0 Å². The molecule has 2 N–H and O–H groups in total. The van der Waals surface area contributed by atoms with Gasteiger partial charge >= 0.3 is 0 Å². The fourth-order valence-electron chi connectivity index (χ4n) is 3.80. The summed E-state index contributed by atoms with van der Waals surface area (Å²) in [6.07, 6.45) is 2.55. The van der Waals surface area contributed by atoms with Crippen LogP contribution in [0.15, 0.2) is 77.3 Å². The van der Waals surface area contributed by atoms with Crippen LogP contribution in [0, 0.1) is 0 Å². The van der Waals surface area contributed by atoms with Crippen molar-refractivity contribution < 1.29 is 14.3 Å². The third kappa shape index (κ3) is 8.68. The van der Waals surface area contributed by atoms with Crippen LogP contribution in [0.1, 0.15) is 53.0 Å². The number of halogens is 1. The third-order valence-electron chi connectivity index (χ3n) is 5.57. The van der Waals surface area contributed by atoms with E-state index in [1.54, 1.807) is 36.4 Å². The zero-order chi connectivity index (χ0) is 26.6. The molecule has 194 valence electrons. The number of hydrogen-bond donors (Lipinski definition) is 2. The minimum atomic E-state index is -0.380. The number of ether oxygens (including phenoxy) is 1. The second kappa shape index (κ2) is 14.5. The lowest BCUT2D eigenvalue weighted by Crippen LogP contribution is -2.34. The Balaban J connectivity index is 1.59. The fraction of sp³-hybridized carbons (Fsp3) is 0.276. The number of hydrogen-bond acceptors (Lipinski definition) is 4. The average Bonchev–Trinajstić information content (AvgIpc) is 2.90. The van der Waals surface area contributed by atoms with Crippen molar-refractivity contribution in [3.8, 4) is 5.75 Å². The first-order valence-corrected chi connectivity index (χ1v) is 13.6. The minimum absolute atomic E-state index is 0.0144. The molecular weight excluding hydrogens is 550 g/mol. The second-order valence-corrected chi connectivity index (χ2v) is 9.83. The molecule has 37 heavy (non-hydrogen) atoms. The zero-order valence-electron chi connectivity index (χ0n) is 21.1. The number of carbonyl (C=O) groups is 2. The molecule has 0 aliphatic rings. The molecule has 0 fully saturated rings. The third-order valence-corrected chi connectivity index (χ3v) is 6.27. The van der Waals surface area contributed by atoms with E-state index >= 15 is 0 Å². The Labute approximate surface area is 232 Å². The van der Waals surface area contributed by atoms with Crippen molar-refractivity contribution in [2.75, 3.05) is 25.0 Å². The van der Waals surface area contributed by atoms with Crippen molar-refractivity contribution >= 4 is 50.8 Å². The van der Waals surface area contributed by atoms with Crippen LogP contribution in [0.4, 0.5) is 5.69 Å². The van der Waals surface area contributed by atoms with Crippen molar-refractivity contribution in [3.05, 3.63) is 94.0 Å². The van der Waals surface area contributed by atoms with E-state index in [0.717, 1.165) is 42.4 Å². The maximum atomic E-state index is 13.0. The Bertz CT molecular complexity index is 1200. The quantitative estimate of drug-likeness (QED) is 0.254. The van der Waals surface area contributed by atoms with Gasteiger partial charge < -0.3 is 15.0 Å². The number of thiocarbonyl (C=S) groups is 1. The smallest absolute Gasteiger partial charge is 0.261 e. The number of anilines is 1. The number of benzene rings is 3. The maximum absolute atomic E-state index is 13.0. The van der Waals surface area contributed by atoms with Gasteiger partial charge in [0.05, 0.1) is 12.2 Å². The van der Waals surface area contributed by atoms with Crippen LogP contribution in [0.3, 0.4) is 0 Å². The molecule has 0 aliphatic heterocycles. The Morgan fingerprint density at radius 3 is 2.27 bits per heavy atom. The number of rotatable bonds is 11. The van der Waals surface area contributed by atoms with Gasteiger partial charge in [-0.1, -0.05) is 60.1 Å². The topological polar surface area (TPSA) is 70.7 Å². The molecule has 3 aromatic rings. The van der Waals surface area contributed by atoms with Crippen molar-refractivity contribution in [1.82, 2.24) is 10.2 Å². The molecule has 6 nitrogen and oxygen atoms in total. The predicted molar refractivity (Wildman–Crippen MR) is 156 cm³/mol. The van der Waals surface area contributed by atoms with Gasteiger partial charge in [0.25, 0.3) is 11.8 Å². The highest BCUT2D eigenvalue weighted by molar-refractivity contribution is 9.10. The van der Waals surface area contributed by atoms with Crippen LogP contribution in [0.2, 0.25) is 0 Å². The van der Waals surface area contributed by atoms with Crippen LogP contribution >= 0.6 is 28.1 Å². The molecule has 0 atom stereocenters. The first kappa shape index (κ1) is 28.3. The van der Waals surface area contributed by atoms with E-state index in [0.29, 0.717) is 29.2 Å². The highest BCUT2D eigenvalue weighted by Crippen LogP contribution is 2.24. The largest absolute Gasteiger partial charge is 0.492 e. The average molecular weight is 583 g/mol. The molecule has 0 saturated heterocycles. The van der Waals surface area contributed by atoms with E-state index in [2.05, 4.69) is 40.4 Å². The summed E-state index contributed by atoms with van der Waals surface area (Å²) >= 11 is 8.79. The molecule has 3 aromatic carbocycles. The molecule has 0 bridgehead atoms. The SMILES string of the molecule is CCCN(CCC)C(=O)c1ccc(NC(=S)NC(=O)c2cc(Br)ccc2OCCc2ccccc2)cc1. The molecule has 0 unspecified atom stereocenters. The number of nitrogens with one attached hydrogen (secondary N) is 2. The Morgan fingerprint density at radius 1 is 0.946 bits per heavy atom. The summed E-state index contributed by atoms with van der Waals surface area (Å²) in [5, 5.41) is 5.87. The summed E-state index contributed by atoms with van der Waals surface area (Å²) in [6, 6.07) is 22.4. The van der Waals surface area contributed by atoms with Gasteiger partial charge in [0.2, 0.25) is 0 Å². The Hall–Kier alpha value is -3.23. The molecule has 0 spiro atoms. The van der Waals surface area contributed by atoms with E-state index in [1.165, 1.54) is 0 Å². The van der Waals surface area contributed by atoms with E-state index in [1.807, 2.05) is 41.3 Å². The zero-order valence-corrected chi connectivity index (χ0v) is 23.5. The molecule has 0 saturated carbocycles. The molecule has 2 amide bonds. The first-order chi connectivity index (χ1) is 17.9. The summed E-state index contributed by atoms with van der Waals surface area (Å²) in [5.41, 5.74) is 2.83. The monoisotopic (exact) mass is 581 g/mol. The van der Waals surface area contributed by atoms with Crippen LogP contribution in [0.25, 0.3) is 0 Å². The van der Waals surface area contributed by atoms with Gasteiger partial charge in [-0.05, 0) is 73.1 Å². The first-order valence-electron chi connectivity index (χ1n) is 12.4. The van der Waals surface area contributed by atoms with Crippen LogP contribution in [-0.4, -0.2) is 41.5 Å². The number of nitrogens with zero attached hydrogens (tertiary/aromatic N) is 1. The van der Waals surface area contributed by atoms with E-state index < -0.39 is 0 Å². The molecular formula is C29H32BrN3O3S. The standard InChI is InChI=1S/C29H32BrN3O3S/c1-3-17-33(18-4-2)28(35)22-10-13-24(14-11-22)31-29(37)32-27(34)25-20-23(30)12-15-26(25)36-19-16-21-8-6-5-7-9-21/h5-15,20H,3-4,16-19H2,1-2H3,(H2,31,32,34,37). The summed E-state index contributed by atoms with van der Waals surface area (Å²) in [7, 11) is 0. The minimum Gasteiger partial charge on any atom is -0.492 e. The van der Waals surface area contributed by atoms with Crippen molar-refractivity contribution in [2.24, 2.45) is 0 Å². The summed E-state index contributed by atoms with van der Waals surface area (Å²) < 4.78 is 6.68. The molecule has 0 heterocycles. The molecule has 0 radical (unpaired) electrons. The molecule has 0 aliphatic carbocycles. The second-order valence-electron chi connectivity index (χ2n) is 8.50. The number of carbonyl (C=O) groups excluding carboxylic acids is 2. The lowest BCUT2D eigenvalue weighted by atomic mass is 10.1. The van der Waals surface area contributed by atoms with Gasteiger partial charge in [-0.15, -0.1) is 0 Å². The number of amides is 2. The summed E-state index contributed by atoms with van der Waals surface area (Å²) in [5.74, 6) is 0.113. The van der Waals surface area contributed by atoms with Crippen molar-refractivity contribution in [2.45, 2.75) is 33.1 Å². The predicted octanol–water partition coefficient (Wildman–Crippen LogP) is 6.46. The van der Waals surface area contributed by atoms with Crippen molar-refractivity contribution in [3.63, 3.8) is 0 Å². The van der Waals surface area contributed by atoms with E-state index in [-0.39, 0.29) is 16.9 Å². The highest BCUT2D eigenvalue weighted by atomic mass is 79.9. The van der Waals surface area contributed by atoms with E-state index in [9.17, 15) is 9.59 Å². The summed E-state index contributed by atoms with van der Waals surface area (Å²) in [4.78, 5) is 27.7. The maximum Gasteiger partial charge on any atom is 0.261 e. The Kier molecular flexibility index (Phi) is 11.1. The van der Waals surface area contributed by atoms with Crippen molar-refractivity contribution in [1.29, 1.82) is 0 Å². The molecule has 3 rings (SSSR count). The van der Waals surface area contributed by atoms with Gasteiger partial charge in [-0.25, -0.2) is 0 Å². The van der Waals surface area contributed by atoms with Gasteiger partial charge in [0, 0.05) is 35.2 Å². The van der Waals surface area contributed by atoms with Gasteiger partial charge in [0.15, 0.2) is 5.11 Å². The van der Waals surface area contributed by atoms with Gasteiger partial charge in [0.1, 0.15) is 5.75 Å². The molecule has 8 heteroatoms. The highest BCUT2D eigenvalue weighted by Gasteiger charge is 2.16. The Morgan fingerprint density at radius 2 is 1.62 bits per heavy atom. The normalized spacial score (nSPS) is 10.5. The van der Waals surface area contributed by atoms with Crippen LogP contribution < -0.4 is 15.4 Å². The summed E-state index contributed by atoms with van der Waals surface area (Å²) in [6.45, 7) is 6.03. The van der Waals surface area contributed by atoms with Crippen LogP contribution in [-0.2, 0) is 6.42 Å². The molecule has 0 aromatic heterocycles. The fourth-order valence-corrected chi connectivity index (χ4v) is 4.37. The van der Waals surface area contributed by atoms with Crippen LogP contribution in [0.5, 0.6) is 5.75 Å². The lowest BCUT2D eigenvalue weighted by Gasteiger charge is -2.21. The van der Waals surface area contributed by atoms with Gasteiger partial charge in [-0.3, -0.25) is 14.9 Å². The van der Waals surface area contributed by atoms with Gasteiger partial charge in [-0.2, -0.15) is 0 Å². The lowest BCUT2D eigenvalue weighted by molar-refractivity contribution is 0.0755.